The number of hydrogen-bond donors (Lipinski definition) is 0. The summed E-state index contributed by atoms with van der Waals surface area (Å²) in [6.07, 6.45) is 0.135. The largest absolute Gasteiger partial charge is 0.446 e. The third-order valence-corrected chi connectivity index (χ3v) is 2.37. The van der Waals surface area contributed by atoms with Crippen LogP contribution in [0.25, 0.3) is 0 Å². The van der Waals surface area contributed by atoms with E-state index in [0.717, 1.165) is 18.2 Å². The van der Waals surface area contributed by atoms with Crippen molar-refractivity contribution in [3.8, 4) is 0 Å². The molecule has 14 heavy (non-hydrogen) atoms. The van der Waals surface area contributed by atoms with Gasteiger partial charge in [-0.05, 0) is 48.9 Å². The molecule has 0 nitrogen and oxygen atoms in total. The van der Waals surface area contributed by atoms with E-state index in [0.29, 0.717) is 0 Å². The number of halogens is 4. The summed E-state index contributed by atoms with van der Waals surface area (Å²) in [6.45, 7) is 3.44. The maximum atomic E-state index is 12.6. The van der Waals surface area contributed by atoms with Crippen LogP contribution >= 0.6 is 11.8 Å². The van der Waals surface area contributed by atoms with Gasteiger partial charge in [0.1, 0.15) is 5.82 Å². The van der Waals surface area contributed by atoms with Gasteiger partial charge in [0.05, 0.1) is 0 Å². The van der Waals surface area contributed by atoms with Gasteiger partial charge in [0.2, 0.25) is 0 Å². The Balaban J connectivity index is 2.97. The fourth-order valence-corrected chi connectivity index (χ4v) is 1.65. The van der Waals surface area contributed by atoms with Gasteiger partial charge in [0.25, 0.3) is 0 Å². The van der Waals surface area contributed by atoms with E-state index < -0.39 is 11.3 Å². The third-order valence-electron chi connectivity index (χ3n) is 1.52. The zero-order valence-electron chi connectivity index (χ0n) is 7.07. The molecule has 0 unspecified atom stereocenters. The molecule has 0 amide bonds. The average molecular weight is 223 g/mol. The molecular formula is C9H7F4S. The van der Waals surface area contributed by atoms with Crippen LogP contribution in [0.4, 0.5) is 17.6 Å². The van der Waals surface area contributed by atoms with Crippen LogP contribution in [0.5, 0.6) is 0 Å². The van der Waals surface area contributed by atoms with Crippen molar-refractivity contribution in [3.63, 3.8) is 0 Å². The Morgan fingerprint density at radius 2 is 1.93 bits per heavy atom. The van der Waals surface area contributed by atoms with Crippen LogP contribution < -0.4 is 0 Å². The minimum atomic E-state index is -4.35. The van der Waals surface area contributed by atoms with Gasteiger partial charge in [-0.1, -0.05) is 0 Å². The second kappa shape index (κ2) is 4.21. The Bertz CT molecular complexity index is 319. The van der Waals surface area contributed by atoms with Gasteiger partial charge in [0, 0.05) is 4.90 Å². The van der Waals surface area contributed by atoms with E-state index in [1.54, 1.807) is 0 Å². The second-order valence-corrected chi connectivity index (χ2v) is 3.66. The van der Waals surface area contributed by atoms with E-state index in [-0.39, 0.29) is 28.6 Å². The molecule has 1 aromatic rings. The predicted octanol–water partition coefficient (Wildman–Crippen LogP) is 3.81. The minimum absolute atomic E-state index is 0.00824. The van der Waals surface area contributed by atoms with Crippen molar-refractivity contribution in [2.45, 2.75) is 16.8 Å². The number of thioether (sulfide) groups is 1. The Morgan fingerprint density at radius 3 is 2.43 bits per heavy atom. The van der Waals surface area contributed by atoms with Crippen molar-refractivity contribution < 1.29 is 17.6 Å². The highest BCUT2D eigenvalue weighted by Gasteiger charge is 2.30. The molecule has 1 rings (SSSR count). The average Bonchev–Trinajstić information content (AvgIpc) is 2.06. The Labute approximate surface area is 83.3 Å². The lowest BCUT2D eigenvalue weighted by Gasteiger charge is -2.09. The molecule has 0 spiro atoms. The van der Waals surface area contributed by atoms with Crippen LogP contribution in [-0.4, -0.2) is 5.51 Å². The highest BCUT2D eigenvalue weighted by atomic mass is 32.2. The summed E-state index contributed by atoms with van der Waals surface area (Å²) in [5.74, 6) is -0.546. The van der Waals surface area contributed by atoms with Crippen LogP contribution in [0.15, 0.2) is 23.1 Å². The van der Waals surface area contributed by atoms with E-state index in [1.165, 1.54) is 0 Å². The smallest absolute Gasteiger partial charge is 0.207 e. The van der Waals surface area contributed by atoms with Gasteiger partial charge < -0.3 is 0 Å². The third kappa shape index (κ3) is 3.21. The molecule has 0 atom stereocenters. The zero-order chi connectivity index (χ0) is 10.8. The van der Waals surface area contributed by atoms with Gasteiger partial charge >= 0.3 is 5.51 Å². The zero-order valence-corrected chi connectivity index (χ0v) is 7.88. The molecule has 1 aromatic carbocycles. The van der Waals surface area contributed by atoms with Crippen LogP contribution in [0.2, 0.25) is 0 Å². The molecule has 0 bridgehead atoms. The summed E-state index contributed by atoms with van der Waals surface area (Å²) in [5.41, 5.74) is -4.07. The fourth-order valence-electron chi connectivity index (χ4n) is 0.968. The predicted molar refractivity (Wildman–Crippen MR) is 47.4 cm³/mol. The van der Waals surface area contributed by atoms with Crippen LogP contribution in [0, 0.1) is 12.7 Å². The van der Waals surface area contributed by atoms with E-state index in [2.05, 4.69) is 6.92 Å². The standard InChI is InChI=1S/C9H7F4S/c1-2-6-5-7(10)3-4-8(6)14-9(11,12)13/h3-5H,1-2H2. The molecular weight excluding hydrogens is 216 g/mol. The van der Waals surface area contributed by atoms with Crippen LogP contribution in [-0.2, 0) is 6.42 Å². The Morgan fingerprint density at radius 1 is 1.29 bits per heavy atom. The highest BCUT2D eigenvalue weighted by Crippen LogP contribution is 2.38. The molecule has 0 saturated carbocycles. The maximum absolute atomic E-state index is 12.6. The molecule has 5 heteroatoms. The lowest BCUT2D eigenvalue weighted by Crippen LogP contribution is -2.01. The van der Waals surface area contributed by atoms with Crippen molar-refractivity contribution >= 4 is 11.8 Å². The first-order chi connectivity index (χ1) is 6.42. The van der Waals surface area contributed by atoms with Crippen molar-refractivity contribution in [1.82, 2.24) is 0 Å². The second-order valence-electron chi connectivity index (χ2n) is 2.55. The first-order valence-corrected chi connectivity index (χ1v) is 4.57. The molecule has 0 heterocycles. The summed E-state index contributed by atoms with van der Waals surface area (Å²) in [6, 6.07) is 3.20. The van der Waals surface area contributed by atoms with E-state index in [1.807, 2.05) is 0 Å². The fraction of sp³-hybridized carbons (Fsp3) is 0.222. The van der Waals surface area contributed by atoms with Crippen molar-refractivity contribution in [2.75, 3.05) is 0 Å². The number of benzene rings is 1. The summed E-state index contributed by atoms with van der Waals surface area (Å²) >= 11 is -0.246. The molecule has 0 saturated heterocycles. The highest BCUT2D eigenvalue weighted by molar-refractivity contribution is 8.00. The lowest BCUT2D eigenvalue weighted by molar-refractivity contribution is -0.0328. The van der Waals surface area contributed by atoms with E-state index in [9.17, 15) is 17.6 Å². The van der Waals surface area contributed by atoms with Crippen LogP contribution in [0.1, 0.15) is 5.56 Å². The van der Waals surface area contributed by atoms with Gasteiger partial charge in [-0.25, -0.2) is 4.39 Å². The summed E-state index contributed by atoms with van der Waals surface area (Å²) in [4.78, 5) is 0.00824. The SMILES string of the molecule is [CH2]Cc1cc(F)ccc1SC(F)(F)F. The summed E-state index contributed by atoms with van der Waals surface area (Å²) < 4.78 is 48.7. The molecule has 0 aliphatic rings. The topological polar surface area (TPSA) is 0 Å². The lowest BCUT2D eigenvalue weighted by atomic mass is 10.2. The molecule has 0 fully saturated rings. The first kappa shape index (κ1) is 11.4. The maximum Gasteiger partial charge on any atom is 0.446 e. The van der Waals surface area contributed by atoms with Gasteiger partial charge in [0.15, 0.2) is 0 Å². The molecule has 1 radical (unpaired) electrons. The quantitative estimate of drug-likeness (QED) is 0.542. The Hall–Kier alpha value is -0.710. The molecule has 0 aliphatic heterocycles. The van der Waals surface area contributed by atoms with Crippen molar-refractivity contribution in [3.05, 3.63) is 36.5 Å². The number of rotatable bonds is 2. The van der Waals surface area contributed by atoms with Crippen molar-refractivity contribution in [2.24, 2.45) is 0 Å². The minimum Gasteiger partial charge on any atom is -0.207 e. The molecule has 0 N–H and O–H groups in total. The molecule has 77 valence electrons. The first-order valence-electron chi connectivity index (χ1n) is 3.76. The normalized spacial score (nSPS) is 11.8. The summed E-state index contributed by atoms with van der Waals surface area (Å²) in [5, 5.41) is 0. The van der Waals surface area contributed by atoms with Gasteiger partial charge in [-0.15, -0.1) is 0 Å². The molecule has 0 aliphatic carbocycles. The van der Waals surface area contributed by atoms with Gasteiger partial charge in [-0.2, -0.15) is 13.2 Å². The molecule has 0 aromatic heterocycles. The number of alkyl halides is 3. The van der Waals surface area contributed by atoms with Crippen molar-refractivity contribution in [1.29, 1.82) is 0 Å². The van der Waals surface area contributed by atoms with E-state index in [4.69, 9.17) is 0 Å². The van der Waals surface area contributed by atoms with Gasteiger partial charge in [-0.3, -0.25) is 0 Å². The van der Waals surface area contributed by atoms with Crippen LogP contribution in [0.3, 0.4) is 0 Å². The summed E-state index contributed by atoms with van der Waals surface area (Å²) in [7, 11) is 0. The number of hydrogen-bond acceptors (Lipinski definition) is 1. The monoisotopic (exact) mass is 223 g/mol. The van der Waals surface area contributed by atoms with E-state index >= 15 is 0 Å². The Kier molecular flexibility index (Phi) is 3.42.